The van der Waals surface area contributed by atoms with Crippen LogP contribution in [0.2, 0.25) is 0 Å². The zero-order chi connectivity index (χ0) is 11.5. The zero-order valence-electron chi connectivity index (χ0n) is 8.45. The summed E-state index contributed by atoms with van der Waals surface area (Å²) in [4.78, 5) is 10.5. The van der Waals surface area contributed by atoms with E-state index in [9.17, 15) is 4.79 Å². The molecule has 0 saturated heterocycles. The molecular weight excluding hydrogens is 230 g/mol. The molecule has 0 amide bonds. The molecule has 0 aliphatic carbocycles. The van der Waals surface area contributed by atoms with Gasteiger partial charge in [0, 0.05) is 6.20 Å². The Hall–Kier alpha value is -1.76. The minimum atomic E-state index is -0.885. The number of carboxylic acid groups (broad SMARTS) is 1. The number of fused-ring (bicyclic) bond motifs is 1. The average molecular weight is 239 g/mol. The maximum Gasteiger partial charge on any atom is 0.313 e. The number of pyridine rings is 1. The number of hydrogen-bond donors (Lipinski definition) is 1. The summed E-state index contributed by atoms with van der Waals surface area (Å²) in [7, 11) is 1.55. The summed E-state index contributed by atoms with van der Waals surface area (Å²) < 4.78 is 6.82. The molecule has 0 aromatic carbocycles. The SMILES string of the molecule is COc1cccn2c(SCC(=O)O)nnc12. The third-order valence-corrected chi connectivity index (χ3v) is 2.84. The van der Waals surface area contributed by atoms with Crippen molar-refractivity contribution < 1.29 is 14.6 Å². The van der Waals surface area contributed by atoms with Crippen LogP contribution in [0.3, 0.4) is 0 Å². The Kier molecular flexibility index (Phi) is 2.95. The van der Waals surface area contributed by atoms with Crippen molar-refractivity contribution in [2.75, 3.05) is 12.9 Å². The lowest BCUT2D eigenvalue weighted by atomic mass is 10.4. The summed E-state index contributed by atoms with van der Waals surface area (Å²) in [6, 6.07) is 3.57. The number of ether oxygens (including phenoxy) is 1. The lowest BCUT2D eigenvalue weighted by molar-refractivity contribution is -0.133. The maximum absolute atomic E-state index is 10.5. The molecular formula is C9H9N3O3S. The van der Waals surface area contributed by atoms with Crippen molar-refractivity contribution in [3.05, 3.63) is 18.3 Å². The van der Waals surface area contributed by atoms with Crippen molar-refractivity contribution in [1.29, 1.82) is 0 Å². The van der Waals surface area contributed by atoms with E-state index in [4.69, 9.17) is 9.84 Å². The third kappa shape index (κ3) is 1.94. The molecule has 0 radical (unpaired) electrons. The van der Waals surface area contributed by atoms with Gasteiger partial charge in [-0.25, -0.2) is 0 Å². The van der Waals surface area contributed by atoms with E-state index < -0.39 is 5.97 Å². The smallest absolute Gasteiger partial charge is 0.313 e. The summed E-state index contributed by atoms with van der Waals surface area (Å²) >= 11 is 1.12. The monoisotopic (exact) mass is 239 g/mol. The van der Waals surface area contributed by atoms with Crippen molar-refractivity contribution in [1.82, 2.24) is 14.6 Å². The zero-order valence-corrected chi connectivity index (χ0v) is 9.27. The lowest BCUT2D eigenvalue weighted by Gasteiger charge is -2.01. The van der Waals surface area contributed by atoms with Gasteiger partial charge in [0.25, 0.3) is 0 Å². The molecule has 0 unspecified atom stereocenters. The summed E-state index contributed by atoms with van der Waals surface area (Å²) in [5, 5.41) is 17.0. The number of carbonyl (C=O) groups is 1. The molecule has 2 aromatic heterocycles. The topological polar surface area (TPSA) is 76.7 Å². The van der Waals surface area contributed by atoms with E-state index in [1.807, 2.05) is 0 Å². The van der Waals surface area contributed by atoms with Crippen LogP contribution in [0.4, 0.5) is 0 Å². The van der Waals surface area contributed by atoms with Gasteiger partial charge in [0.2, 0.25) is 5.65 Å². The van der Waals surface area contributed by atoms with Crippen LogP contribution < -0.4 is 4.74 Å². The highest BCUT2D eigenvalue weighted by atomic mass is 32.2. The van der Waals surface area contributed by atoms with E-state index in [0.29, 0.717) is 16.6 Å². The van der Waals surface area contributed by atoms with Crippen LogP contribution in [0, 0.1) is 0 Å². The Bertz CT molecular complexity index is 526. The highest BCUT2D eigenvalue weighted by Gasteiger charge is 2.10. The summed E-state index contributed by atoms with van der Waals surface area (Å²) in [5.41, 5.74) is 0.581. The minimum absolute atomic E-state index is 0.0436. The van der Waals surface area contributed by atoms with E-state index in [-0.39, 0.29) is 5.75 Å². The largest absolute Gasteiger partial charge is 0.493 e. The van der Waals surface area contributed by atoms with Crippen LogP contribution in [0.5, 0.6) is 5.75 Å². The van der Waals surface area contributed by atoms with E-state index in [0.717, 1.165) is 11.8 Å². The van der Waals surface area contributed by atoms with Gasteiger partial charge in [0.05, 0.1) is 12.9 Å². The second-order valence-corrected chi connectivity index (χ2v) is 3.88. The van der Waals surface area contributed by atoms with Crippen LogP contribution in [-0.4, -0.2) is 38.5 Å². The molecule has 1 N–H and O–H groups in total. The number of thioether (sulfide) groups is 1. The van der Waals surface area contributed by atoms with Gasteiger partial charge in [-0.3, -0.25) is 9.20 Å². The second-order valence-electron chi connectivity index (χ2n) is 2.94. The predicted molar refractivity (Wildman–Crippen MR) is 57.9 cm³/mol. The first kappa shape index (κ1) is 10.7. The molecule has 0 saturated carbocycles. The highest BCUT2D eigenvalue weighted by Crippen LogP contribution is 2.22. The molecule has 0 atom stereocenters. The number of aromatic nitrogens is 3. The van der Waals surface area contributed by atoms with E-state index in [1.54, 1.807) is 29.8 Å². The predicted octanol–water partition coefficient (Wildman–Crippen LogP) is 0.915. The average Bonchev–Trinajstić information content (AvgIpc) is 2.69. The molecule has 2 heterocycles. The number of aliphatic carboxylic acids is 1. The van der Waals surface area contributed by atoms with Crippen molar-refractivity contribution >= 4 is 23.4 Å². The molecule has 0 aliphatic rings. The highest BCUT2D eigenvalue weighted by molar-refractivity contribution is 7.99. The Balaban J connectivity index is 2.37. The molecule has 2 rings (SSSR count). The fourth-order valence-corrected chi connectivity index (χ4v) is 1.89. The first-order valence-electron chi connectivity index (χ1n) is 4.44. The summed E-state index contributed by atoms with van der Waals surface area (Å²) in [6.07, 6.45) is 1.77. The number of rotatable bonds is 4. The Labute approximate surface area is 95.2 Å². The molecule has 0 spiro atoms. The molecule has 6 nitrogen and oxygen atoms in total. The normalized spacial score (nSPS) is 10.6. The Morgan fingerprint density at radius 3 is 3.12 bits per heavy atom. The molecule has 0 bridgehead atoms. The van der Waals surface area contributed by atoms with Crippen molar-refractivity contribution in [2.45, 2.75) is 5.16 Å². The van der Waals surface area contributed by atoms with Crippen molar-refractivity contribution in [3.8, 4) is 5.75 Å². The third-order valence-electron chi connectivity index (χ3n) is 1.91. The second kappa shape index (κ2) is 4.40. The molecule has 16 heavy (non-hydrogen) atoms. The fraction of sp³-hybridized carbons (Fsp3) is 0.222. The van der Waals surface area contributed by atoms with Crippen molar-refractivity contribution in [3.63, 3.8) is 0 Å². The van der Waals surface area contributed by atoms with E-state index >= 15 is 0 Å². The molecule has 0 fully saturated rings. The van der Waals surface area contributed by atoms with E-state index in [2.05, 4.69) is 10.2 Å². The Morgan fingerprint density at radius 2 is 2.44 bits per heavy atom. The van der Waals surface area contributed by atoms with Crippen LogP contribution in [-0.2, 0) is 4.79 Å². The maximum atomic E-state index is 10.5. The van der Waals surface area contributed by atoms with Gasteiger partial charge in [0.1, 0.15) is 0 Å². The van der Waals surface area contributed by atoms with Crippen molar-refractivity contribution in [2.24, 2.45) is 0 Å². The molecule has 0 aliphatic heterocycles. The lowest BCUT2D eigenvalue weighted by Crippen LogP contribution is -1.99. The first-order valence-corrected chi connectivity index (χ1v) is 5.43. The van der Waals surface area contributed by atoms with Gasteiger partial charge in [-0.05, 0) is 12.1 Å². The summed E-state index contributed by atoms with van der Waals surface area (Å²) in [5.74, 6) is -0.320. The number of methoxy groups -OCH3 is 1. The minimum Gasteiger partial charge on any atom is -0.493 e. The van der Waals surface area contributed by atoms with Gasteiger partial charge in [-0.15, -0.1) is 10.2 Å². The Morgan fingerprint density at radius 1 is 1.62 bits per heavy atom. The van der Waals surface area contributed by atoms with Gasteiger partial charge in [-0.2, -0.15) is 0 Å². The number of carboxylic acids is 1. The number of hydrogen-bond acceptors (Lipinski definition) is 5. The van der Waals surface area contributed by atoms with Gasteiger partial charge in [-0.1, -0.05) is 11.8 Å². The van der Waals surface area contributed by atoms with Gasteiger partial charge >= 0.3 is 5.97 Å². The quantitative estimate of drug-likeness (QED) is 0.799. The molecule has 7 heteroatoms. The van der Waals surface area contributed by atoms with E-state index in [1.165, 1.54) is 0 Å². The summed E-state index contributed by atoms with van der Waals surface area (Å²) in [6.45, 7) is 0. The molecule has 2 aromatic rings. The molecule has 84 valence electrons. The van der Waals surface area contributed by atoms with Crippen LogP contribution in [0.25, 0.3) is 5.65 Å². The van der Waals surface area contributed by atoms with Crippen LogP contribution in [0.1, 0.15) is 0 Å². The van der Waals surface area contributed by atoms with Crippen LogP contribution >= 0.6 is 11.8 Å². The van der Waals surface area contributed by atoms with Gasteiger partial charge < -0.3 is 9.84 Å². The van der Waals surface area contributed by atoms with Crippen LogP contribution in [0.15, 0.2) is 23.5 Å². The standard InChI is InChI=1S/C9H9N3O3S/c1-15-6-3-2-4-12-8(6)10-11-9(12)16-5-7(13)14/h2-4H,5H2,1H3,(H,13,14). The number of nitrogens with zero attached hydrogens (tertiary/aromatic N) is 3. The first-order chi connectivity index (χ1) is 7.72. The van der Waals surface area contributed by atoms with Gasteiger partial charge in [0.15, 0.2) is 10.9 Å². The fourth-order valence-electron chi connectivity index (χ4n) is 1.25.